The lowest BCUT2D eigenvalue weighted by Crippen LogP contribution is -2.50. The summed E-state index contributed by atoms with van der Waals surface area (Å²) in [7, 11) is 0. The predicted octanol–water partition coefficient (Wildman–Crippen LogP) is 0.883. The minimum atomic E-state index is -0.0822. The number of hydrogen-bond donors (Lipinski definition) is 0. The molecule has 0 N–H and O–H groups in total. The Morgan fingerprint density at radius 3 is 2.48 bits per heavy atom. The smallest absolute Gasteiger partial charge is 0.265 e. The molecular weight excluding hydrogens is 322 g/mol. The van der Waals surface area contributed by atoms with Gasteiger partial charge in [-0.05, 0) is 18.6 Å². The molecule has 3 amide bonds. The fraction of sp³-hybridized carbons (Fsp3) is 0.500. The zero-order valence-electron chi connectivity index (χ0n) is 14.4. The van der Waals surface area contributed by atoms with Crippen molar-refractivity contribution in [2.24, 2.45) is 0 Å². The van der Waals surface area contributed by atoms with Gasteiger partial charge in [0.05, 0.1) is 5.69 Å². The first kappa shape index (κ1) is 17.3. The summed E-state index contributed by atoms with van der Waals surface area (Å²) in [5.41, 5.74) is 0.765. The normalized spacial score (nSPS) is 17.2. The van der Waals surface area contributed by atoms with E-state index in [1.165, 1.54) is 0 Å². The molecule has 7 nitrogen and oxygen atoms in total. The van der Waals surface area contributed by atoms with Gasteiger partial charge in [0.15, 0.2) is 6.61 Å². The number of para-hydroxylation sites is 2. The third-order valence-electron chi connectivity index (χ3n) is 4.66. The van der Waals surface area contributed by atoms with Gasteiger partial charge in [-0.1, -0.05) is 12.1 Å². The van der Waals surface area contributed by atoms with Crippen LogP contribution in [0.4, 0.5) is 5.69 Å². The summed E-state index contributed by atoms with van der Waals surface area (Å²) < 4.78 is 5.42. The second-order valence-corrected chi connectivity index (χ2v) is 6.29. The Hall–Kier alpha value is -2.57. The molecule has 0 saturated carbocycles. The molecule has 1 fully saturated rings. The van der Waals surface area contributed by atoms with Gasteiger partial charge in [0.25, 0.3) is 5.91 Å². The third-order valence-corrected chi connectivity index (χ3v) is 4.66. The van der Waals surface area contributed by atoms with Crippen LogP contribution in [-0.4, -0.2) is 66.9 Å². The van der Waals surface area contributed by atoms with Crippen LogP contribution in [0.2, 0.25) is 0 Å². The van der Waals surface area contributed by atoms with E-state index in [0.29, 0.717) is 51.3 Å². The van der Waals surface area contributed by atoms with E-state index in [0.717, 1.165) is 5.69 Å². The Labute approximate surface area is 147 Å². The Balaban J connectivity index is 1.49. The highest BCUT2D eigenvalue weighted by molar-refractivity contribution is 5.97. The molecule has 0 radical (unpaired) electrons. The molecule has 3 rings (SSSR count). The predicted molar refractivity (Wildman–Crippen MR) is 92.4 cm³/mol. The van der Waals surface area contributed by atoms with Gasteiger partial charge in [-0.15, -0.1) is 0 Å². The summed E-state index contributed by atoms with van der Waals surface area (Å²) in [6.45, 7) is 4.44. The van der Waals surface area contributed by atoms with E-state index in [2.05, 4.69) is 0 Å². The van der Waals surface area contributed by atoms with E-state index in [4.69, 9.17) is 4.74 Å². The number of fused-ring (bicyclic) bond motifs is 1. The summed E-state index contributed by atoms with van der Waals surface area (Å²) in [6.07, 6.45) is 0.999. The third kappa shape index (κ3) is 3.92. The quantitative estimate of drug-likeness (QED) is 0.812. The average molecular weight is 345 g/mol. The number of benzene rings is 1. The van der Waals surface area contributed by atoms with Gasteiger partial charge in [0.1, 0.15) is 5.75 Å². The summed E-state index contributed by atoms with van der Waals surface area (Å²) in [4.78, 5) is 41.0. The largest absolute Gasteiger partial charge is 0.482 e. The highest BCUT2D eigenvalue weighted by atomic mass is 16.5. The molecule has 1 aromatic carbocycles. The van der Waals surface area contributed by atoms with Gasteiger partial charge in [0.2, 0.25) is 11.8 Å². The molecule has 0 spiro atoms. The topological polar surface area (TPSA) is 70.2 Å². The highest BCUT2D eigenvalue weighted by Gasteiger charge is 2.26. The van der Waals surface area contributed by atoms with Crippen molar-refractivity contribution in [2.75, 3.05) is 44.2 Å². The lowest BCUT2D eigenvalue weighted by atomic mass is 10.2. The first-order valence-electron chi connectivity index (χ1n) is 8.62. The van der Waals surface area contributed by atoms with Crippen LogP contribution in [0, 0.1) is 0 Å². The summed E-state index contributed by atoms with van der Waals surface area (Å²) in [5.74, 6) is 0.754. The van der Waals surface area contributed by atoms with Crippen molar-refractivity contribution in [1.82, 2.24) is 9.80 Å². The van der Waals surface area contributed by atoms with Crippen molar-refractivity contribution in [3.63, 3.8) is 0 Å². The molecule has 2 aliphatic heterocycles. The van der Waals surface area contributed by atoms with Crippen LogP contribution >= 0.6 is 0 Å². The van der Waals surface area contributed by atoms with Crippen molar-refractivity contribution >= 4 is 23.4 Å². The van der Waals surface area contributed by atoms with E-state index in [1.54, 1.807) is 21.6 Å². The number of carbonyl (C=O) groups excluding carboxylic acids is 3. The summed E-state index contributed by atoms with van der Waals surface area (Å²) in [6, 6.07) is 7.44. The number of ether oxygens (including phenoxy) is 1. The van der Waals surface area contributed by atoms with Crippen LogP contribution in [0.5, 0.6) is 5.75 Å². The van der Waals surface area contributed by atoms with Crippen LogP contribution in [0.25, 0.3) is 0 Å². The van der Waals surface area contributed by atoms with Gasteiger partial charge in [-0.25, -0.2) is 0 Å². The lowest BCUT2D eigenvalue weighted by molar-refractivity contribution is -0.138. The van der Waals surface area contributed by atoms with Crippen molar-refractivity contribution in [3.05, 3.63) is 24.3 Å². The van der Waals surface area contributed by atoms with E-state index in [9.17, 15) is 14.4 Å². The molecule has 0 unspecified atom stereocenters. The average Bonchev–Trinajstić information content (AvgIpc) is 2.63. The summed E-state index contributed by atoms with van der Waals surface area (Å²) in [5, 5.41) is 0. The number of rotatable bonds is 4. The van der Waals surface area contributed by atoms with Crippen molar-refractivity contribution < 1.29 is 19.1 Å². The number of anilines is 1. The van der Waals surface area contributed by atoms with Gasteiger partial charge in [-0.3, -0.25) is 14.4 Å². The fourth-order valence-corrected chi connectivity index (χ4v) is 3.22. The van der Waals surface area contributed by atoms with Crippen molar-refractivity contribution in [2.45, 2.75) is 19.8 Å². The second kappa shape index (κ2) is 7.55. The van der Waals surface area contributed by atoms with Crippen LogP contribution in [0.15, 0.2) is 24.3 Å². The molecule has 2 aliphatic rings. The molecule has 7 heteroatoms. The van der Waals surface area contributed by atoms with Gasteiger partial charge in [0, 0.05) is 46.1 Å². The molecular formula is C18H23N3O4. The number of piperazine rings is 1. The maximum absolute atomic E-state index is 12.3. The van der Waals surface area contributed by atoms with E-state index >= 15 is 0 Å². The Kier molecular flexibility index (Phi) is 5.21. The van der Waals surface area contributed by atoms with Gasteiger partial charge < -0.3 is 19.4 Å². The SMILES string of the molecule is CC(=O)N1CCN(C(=O)CCCN2C(=O)COc3ccccc32)CC1. The molecule has 1 aromatic rings. The minimum absolute atomic E-state index is 0.0396. The molecule has 134 valence electrons. The fourth-order valence-electron chi connectivity index (χ4n) is 3.22. The second-order valence-electron chi connectivity index (χ2n) is 6.29. The van der Waals surface area contributed by atoms with Crippen molar-refractivity contribution in [3.8, 4) is 5.75 Å². The first-order chi connectivity index (χ1) is 12.1. The van der Waals surface area contributed by atoms with Gasteiger partial charge >= 0.3 is 0 Å². The molecule has 25 heavy (non-hydrogen) atoms. The zero-order chi connectivity index (χ0) is 17.8. The minimum Gasteiger partial charge on any atom is -0.482 e. The van der Waals surface area contributed by atoms with E-state index in [-0.39, 0.29) is 24.3 Å². The first-order valence-corrected chi connectivity index (χ1v) is 8.62. The molecule has 0 aromatic heterocycles. The lowest BCUT2D eigenvalue weighted by Gasteiger charge is -2.34. The van der Waals surface area contributed by atoms with E-state index < -0.39 is 0 Å². The maximum atomic E-state index is 12.3. The van der Waals surface area contributed by atoms with Crippen LogP contribution < -0.4 is 9.64 Å². The van der Waals surface area contributed by atoms with Crippen LogP contribution in [0.1, 0.15) is 19.8 Å². The Bertz CT molecular complexity index is 668. The molecule has 0 aliphatic carbocycles. The standard InChI is InChI=1S/C18H23N3O4/c1-14(22)19-9-11-20(12-10-19)17(23)7-4-8-21-15-5-2-3-6-16(15)25-13-18(21)24/h2-3,5-6H,4,7-13H2,1H3. The molecule has 1 saturated heterocycles. The van der Waals surface area contributed by atoms with Crippen molar-refractivity contribution in [1.29, 1.82) is 0 Å². The maximum Gasteiger partial charge on any atom is 0.265 e. The molecule has 0 bridgehead atoms. The number of nitrogens with zero attached hydrogens (tertiary/aromatic N) is 3. The van der Waals surface area contributed by atoms with E-state index in [1.807, 2.05) is 24.3 Å². The van der Waals surface area contributed by atoms with Gasteiger partial charge in [-0.2, -0.15) is 0 Å². The summed E-state index contributed by atoms with van der Waals surface area (Å²) >= 11 is 0. The number of carbonyl (C=O) groups is 3. The molecule has 0 atom stereocenters. The Morgan fingerprint density at radius 1 is 1.08 bits per heavy atom. The number of amides is 3. The molecule has 2 heterocycles. The number of hydrogen-bond acceptors (Lipinski definition) is 4. The zero-order valence-corrected chi connectivity index (χ0v) is 14.4. The Morgan fingerprint density at radius 2 is 1.76 bits per heavy atom. The highest BCUT2D eigenvalue weighted by Crippen LogP contribution is 2.31. The monoisotopic (exact) mass is 345 g/mol. The van der Waals surface area contributed by atoms with Crippen LogP contribution in [0.3, 0.4) is 0 Å². The van der Waals surface area contributed by atoms with Crippen LogP contribution in [-0.2, 0) is 14.4 Å².